The van der Waals surface area contributed by atoms with Crippen molar-refractivity contribution in [2.75, 3.05) is 0 Å². The Bertz CT molecular complexity index is 3890. The van der Waals surface area contributed by atoms with E-state index in [1.54, 1.807) is 0 Å². The van der Waals surface area contributed by atoms with Gasteiger partial charge in [-0.25, -0.2) is 0 Å². The van der Waals surface area contributed by atoms with Crippen LogP contribution in [0.4, 0.5) is 0 Å². The van der Waals surface area contributed by atoms with Gasteiger partial charge in [-0.2, -0.15) is 0 Å². The summed E-state index contributed by atoms with van der Waals surface area (Å²) in [5.74, 6) is 0. The molecule has 9 aromatic carbocycles. The molecular weight excluding hydrogens is 737 g/mol. The Morgan fingerprint density at radius 2 is 0.667 bits per heavy atom. The lowest BCUT2D eigenvalue weighted by atomic mass is 9.95. The van der Waals surface area contributed by atoms with E-state index in [4.69, 9.17) is 17.7 Å². The van der Waals surface area contributed by atoms with Crippen molar-refractivity contribution in [1.82, 2.24) is 0 Å². The smallest absolute Gasteiger partial charge is 0.147 e. The molecule has 0 fully saturated rings. The second-order valence-corrected chi connectivity index (χ2v) is 16.1. The van der Waals surface area contributed by atoms with Gasteiger partial charge in [0.1, 0.15) is 44.7 Å². The summed E-state index contributed by atoms with van der Waals surface area (Å²) in [5.41, 5.74) is 18.4. The number of rotatable bonds is 4. The largest absolute Gasteiger partial charge is 0.456 e. The van der Waals surface area contributed by atoms with E-state index in [1.165, 1.54) is 22.3 Å². The van der Waals surface area contributed by atoms with Crippen molar-refractivity contribution in [2.45, 2.75) is 13.8 Å². The van der Waals surface area contributed by atoms with E-state index in [9.17, 15) is 0 Å². The lowest BCUT2D eigenvalue weighted by Crippen LogP contribution is -1.84. The Balaban J connectivity index is 0.945. The molecule has 4 heterocycles. The van der Waals surface area contributed by atoms with Crippen LogP contribution in [-0.2, 0) is 0 Å². The first-order chi connectivity index (χ1) is 29.5. The van der Waals surface area contributed by atoms with Crippen molar-refractivity contribution in [2.24, 2.45) is 0 Å². The minimum atomic E-state index is 0.807. The van der Waals surface area contributed by atoms with Crippen molar-refractivity contribution in [1.29, 1.82) is 0 Å². The fourth-order valence-corrected chi connectivity index (χ4v) is 9.52. The van der Waals surface area contributed by atoms with Gasteiger partial charge in [0.05, 0.1) is 5.39 Å². The van der Waals surface area contributed by atoms with Gasteiger partial charge in [-0.3, -0.25) is 0 Å². The van der Waals surface area contributed by atoms with Gasteiger partial charge in [0, 0.05) is 37.7 Å². The number of hydrogen-bond acceptors (Lipinski definition) is 4. The van der Waals surface area contributed by atoms with Crippen LogP contribution in [0.3, 0.4) is 0 Å². The summed E-state index contributed by atoms with van der Waals surface area (Å²) in [6, 6.07) is 60.0. The van der Waals surface area contributed by atoms with Crippen molar-refractivity contribution < 1.29 is 17.7 Å². The first kappa shape index (κ1) is 33.2. The van der Waals surface area contributed by atoms with E-state index < -0.39 is 0 Å². The number of aryl methyl sites for hydroxylation is 2. The zero-order valence-corrected chi connectivity index (χ0v) is 32.8. The first-order valence-corrected chi connectivity index (χ1v) is 20.4. The van der Waals surface area contributed by atoms with Crippen LogP contribution >= 0.6 is 0 Å². The van der Waals surface area contributed by atoms with Crippen LogP contribution in [0.25, 0.3) is 132 Å². The molecule has 0 saturated heterocycles. The molecule has 13 rings (SSSR count). The van der Waals surface area contributed by atoms with Gasteiger partial charge >= 0.3 is 0 Å². The minimum absolute atomic E-state index is 0.807. The van der Waals surface area contributed by atoms with Crippen LogP contribution in [0, 0.1) is 13.8 Å². The van der Waals surface area contributed by atoms with Gasteiger partial charge in [-0.1, -0.05) is 84.9 Å². The molecule has 0 amide bonds. The molecule has 0 bridgehead atoms. The number of furan rings is 4. The van der Waals surface area contributed by atoms with Crippen molar-refractivity contribution in [3.63, 3.8) is 0 Å². The molecule has 4 heteroatoms. The van der Waals surface area contributed by atoms with E-state index in [0.717, 1.165) is 121 Å². The van der Waals surface area contributed by atoms with Crippen LogP contribution in [0.15, 0.2) is 188 Å². The highest BCUT2D eigenvalue weighted by atomic mass is 16.3. The van der Waals surface area contributed by atoms with E-state index in [-0.39, 0.29) is 0 Å². The van der Waals surface area contributed by atoms with Crippen LogP contribution in [0.5, 0.6) is 0 Å². The average Bonchev–Trinajstić information content (AvgIpc) is 4.05. The Morgan fingerprint density at radius 3 is 1.18 bits per heavy atom. The van der Waals surface area contributed by atoms with E-state index in [1.807, 2.05) is 12.1 Å². The molecule has 0 saturated carbocycles. The molecule has 4 aromatic heterocycles. The third-order valence-electron chi connectivity index (χ3n) is 12.5. The van der Waals surface area contributed by atoms with E-state index >= 15 is 0 Å². The number of fused-ring (bicyclic) bond motifs is 13. The Morgan fingerprint density at radius 1 is 0.267 bits per heavy atom. The molecule has 282 valence electrons. The van der Waals surface area contributed by atoms with Crippen LogP contribution < -0.4 is 0 Å². The van der Waals surface area contributed by atoms with Crippen molar-refractivity contribution >= 4 is 87.8 Å². The molecule has 0 spiro atoms. The maximum atomic E-state index is 6.81. The summed E-state index contributed by atoms with van der Waals surface area (Å²) in [4.78, 5) is 0. The van der Waals surface area contributed by atoms with Gasteiger partial charge in [-0.05, 0) is 154 Å². The summed E-state index contributed by atoms with van der Waals surface area (Å²) >= 11 is 0. The second kappa shape index (κ2) is 12.3. The summed E-state index contributed by atoms with van der Waals surface area (Å²) in [7, 11) is 0. The first-order valence-electron chi connectivity index (χ1n) is 20.4. The summed E-state index contributed by atoms with van der Waals surface area (Å²) in [6.07, 6.45) is 0. The topological polar surface area (TPSA) is 52.6 Å². The molecule has 0 unspecified atom stereocenters. The van der Waals surface area contributed by atoms with Gasteiger partial charge < -0.3 is 17.7 Å². The Hall–Kier alpha value is -7.82. The quantitative estimate of drug-likeness (QED) is 0.179. The molecule has 13 aromatic rings. The molecular formula is C56H34O4. The normalized spacial score (nSPS) is 12.2. The highest BCUT2D eigenvalue weighted by Crippen LogP contribution is 2.44. The van der Waals surface area contributed by atoms with E-state index in [0.29, 0.717) is 0 Å². The maximum Gasteiger partial charge on any atom is 0.147 e. The average molecular weight is 771 g/mol. The molecule has 0 aliphatic heterocycles. The summed E-state index contributed by atoms with van der Waals surface area (Å²) in [5, 5.41) is 8.57. The van der Waals surface area contributed by atoms with Crippen molar-refractivity contribution in [3.8, 4) is 44.5 Å². The molecule has 0 atom stereocenters. The van der Waals surface area contributed by atoms with E-state index in [2.05, 4.69) is 172 Å². The standard InChI is InChI=1S/C56H34O4/c1-31-23-53-46(29-40(31)37-15-20-50-44(27-37)42-25-35(13-18-48(42)57-50)33-9-5-3-6-10-33)39-17-22-52-55(56(39)60-53)47-30-41(32(2)24-54(47)59-52)38-16-21-51-45(28-38)43-26-36(14-19-49(43)58-51)34-11-7-4-8-12-34/h3-30H,1-2H3. The zero-order chi connectivity index (χ0) is 39.6. The van der Waals surface area contributed by atoms with Gasteiger partial charge in [-0.15, -0.1) is 0 Å². The Kier molecular flexibility index (Phi) is 6.83. The lowest BCUT2D eigenvalue weighted by molar-refractivity contribution is 0.662. The maximum absolute atomic E-state index is 6.81. The van der Waals surface area contributed by atoms with Crippen LogP contribution in [0.1, 0.15) is 11.1 Å². The number of hydrogen-bond donors (Lipinski definition) is 0. The highest BCUT2D eigenvalue weighted by Gasteiger charge is 2.20. The SMILES string of the molecule is Cc1cc2oc3c(ccc4oc5cc(C)c(-c6ccc7oc8ccc(-c9ccccc9)cc8c7c6)cc5c43)c2cc1-c1ccc2oc3ccc(-c4ccccc4)cc3c2c1. The molecule has 4 nitrogen and oxygen atoms in total. The molecule has 0 N–H and O–H groups in total. The van der Waals surface area contributed by atoms with Crippen LogP contribution in [0.2, 0.25) is 0 Å². The minimum Gasteiger partial charge on any atom is -0.456 e. The van der Waals surface area contributed by atoms with Gasteiger partial charge in [0.25, 0.3) is 0 Å². The van der Waals surface area contributed by atoms with Crippen LogP contribution in [-0.4, -0.2) is 0 Å². The second-order valence-electron chi connectivity index (χ2n) is 16.1. The predicted octanol–water partition coefficient (Wildman–Crippen LogP) is 16.6. The Labute approximate surface area is 343 Å². The molecule has 0 aliphatic carbocycles. The fourth-order valence-electron chi connectivity index (χ4n) is 9.52. The third kappa shape index (κ3) is 4.91. The zero-order valence-electron chi connectivity index (χ0n) is 32.8. The van der Waals surface area contributed by atoms with Gasteiger partial charge in [0.2, 0.25) is 0 Å². The molecule has 0 radical (unpaired) electrons. The third-order valence-corrected chi connectivity index (χ3v) is 12.5. The predicted molar refractivity (Wildman–Crippen MR) is 247 cm³/mol. The lowest BCUT2D eigenvalue weighted by Gasteiger charge is -2.07. The molecule has 0 aliphatic rings. The van der Waals surface area contributed by atoms with Gasteiger partial charge in [0.15, 0.2) is 0 Å². The molecule has 60 heavy (non-hydrogen) atoms. The monoisotopic (exact) mass is 770 g/mol. The summed E-state index contributed by atoms with van der Waals surface area (Å²) in [6.45, 7) is 4.31. The number of benzene rings is 9. The van der Waals surface area contributed by atoms with Crippen molar-refractivity contribution in [3.05, 3.63) is 181 Å². The highest BCUT2D eigenvalue weighted by molar-refractivity contribution is 6.23. The fraction of sp³-hybridized carbons (Fsp3) is 0.0357. The summed E-state index contributed by atoms with van der Waals surface area (Å²) < 4.78 is 26.0.